The fraction of sp³-hybridized carbons (Fsp3) is 0.263. The molecule has 0 radical (unpaired) electrons. The Morgan fingerprint density at radius 3 is 2.70 bits per heavy atom. The van der Waals surface area contributed by atoms with E-state index in [0.717, 1.165) is 5.56 Å². The van der Waals surface area contributed by atoms with Crippen molar-refractivity contribution >= 4 is 29.1 Å². The Bertz CT molecular complexity index is 871. The second-order valence-electron chi connectivity index (χ2n) is 5.96. The molecule has 1 atom stereocenters. The van der Waals surface area contributed by atoms with E-state index >= 15 is 0 Å². The molecule has 2 N–H and O–H groups in total. The minimum absolute atomic E-state index is 0.136. The molecule has 0 spiro atoms. The van der Waals surface area contributed by atoms with Crippen LogP contribution < -0.4 is 24.8 Å². The molecular formula is C19H19ClN2O5. The number of halogens is 1. The van der Waals surface area contributed by atoms with E-state index in [2.05, 4.69) is 10.6 Å². The van der Waals surface area contributed by atoms with Crippen molar-refractivity contribution in [1.29, 1.82) is 0 Å². The first-order chi connectivity index (χ1) is 13.0. The van der Waals surface area contributed by atoms with Gasteiger partial charge in [-0.15, -0.1) is 0 Å². The Balaban J connectivity index is 1.56. The number of para-hydroxylation sites is 2. The number of rotatable bonds is 4. The number of hydrogen-bond donors (Lipinski definition) is 2. The van der Waals surface area contributed by atoms with Gasteiger partial charge in [-0.25, -0.2) is 0 Å². The number of hydrogen-bond acceptors (Lipinski definition) is 5. The van der Waals surface area contributed by atoms with E-state index in [1.807, 2.05) is 12.1 Å². The lowest BCUT2D eigenvalue weighted by Gasteiger charge is -2.26. The summed E-state index contributed by atoms with van der Waals surface area (Å²) in [6.07, 6.45) is -0.385. The molecule has 1 heterocycles. The highest BCUT2D eigenvalue weighted by molar-refractivity contribution is 6.40. The maximum Gasteiger partial charge on any atom is 0.313 e. The third kappa shape index (κ3) is 4.43. The molecule has 142 valence electrons. The van der Waals surface area contributed by atoms with Crippen LogP contribution >= 0.6 is 11.6 Å². The van der Waals surface area contributed by atoms with E-state index in [9.17, 15) is 9.59 Å². The summed E-state index contributed by atoms with van der Waals surface area (Å²) in [5.74, 6) is 0.0310. The number of ether oxygens (including phenoxy) is 3. The van der Waals surface area contributed by atoms with Gasteiger partial charge in [-0.2, -0.15) is 0 Å². The summed E-state index contributed by atoms with van der Waals surface area (Å²) < 4.78 is 16.5. The van der Waals surface area contributed by atoms with Gasteiger partial charge in [0.2, 0.25) is 0 Å². The normalized spacial score (nSPS) is 15.0. The average molecular weight is 391 g/mol. The number of methoxy groups -OCH3 is 1. The smallest absolute Gasteiger partial charge is 0.313 e. The van der Waals surface area contributed by atoms with E-state index in [-0.39, 0.29) is 19.3 Å². The van der Waals surface area contributed by atoms with Crippen molar-refractivity contribution in [3.63, 3.8) is 0 Å². The van der Waals surface area contributed by atoms with Gasteiger partial charge in [0, 0.05) is 11.1 Å². The summed E-state index contributed by atoms with van der Waals surface area (Å²) >= 11 is 6.04. The van der Waals surface area contributed by atoms with Crippen molar-refractivity contribution in [2.45, 2.75) is 13.0 Å². The summed E-state index contributed by atoms with van der Waals surface area (Å²) in [6.45, 7) is 2.20. The minimum Gasteiger partial charge on any atom is -0.495 e. The lowest BCUT2D eigenvalue weighted by Crippen LogP contribution is -2.44. The second-order valence-corrected chi connectivity index (χ2v) is 6.37. The molecular weight excluding hydrogens is 372 g/mol. The van der Waals surface area contributed by atoms with Crippen LogP contribution in [0.3, 0.4) is 0 Å². The fourth-order valence-corrected chi connectivity index (χ4v) is 2.71. The van der Waals surface area contributed by atoms with Crippen molar-refractivity contribution in [3.05, 3.63) is 47.0 Å². The predicted molar refractivity (Wildman–Crippen MR) is 101 cm³/mol. The van der Waals surface area contributed by atoms with Gasteiger partial charge < -0.3 is 24.8 Å². The number of amides is 2. The summed E-state index contributed by atoms with van der Waals surface area (Å²) in [5.41, 5.74) is 1.12. The van der Waals surface area contributed by atoms with Crippen LogP contribution in [0.5, 0.6) is 17.2 Å². The highest BCUT2D eigenvalue weighted by Gasteiger charge is 2.23. The van der Waals surface area contributed by atoms with E-state index in [4.69, 9.17) is 25.8 Å². The van der Waals surface area contributed by atoms with Crippen molar-refractivity contribution in [3.8, 4) is 17.2 Å². The van der Waals surface area contributed by atoms with Crippen LogP contribution in [-0.2, 0) is 9.59 Å². The van der Waals surface area contributed by atoms with Crippen LogP contribution in [0, 0.1) is 6.92 Å². The van der Waals surface area contributed by atoms with Gasteiger partial charge in [-0.1, -0.05) is 23.7 Å². The van der Waals surface area contributed by atoms with Gasteiger partial charge in [-0.05, 0) is 30.7 Å². The molecule has 2 amide bonds. The summed E-state index contributed by atoms with van der Waals surface area (Å²) in [6, 6.07) is 10.5. The lowest BCUT2D eigenvalue weighted by atomic mass is 10.2. The first-order valence-electron chi connectivity index (χ1n) is 8.29. The van der Waals surface area contributed by atoms with Crippen molar-refractivity contribution in [2.24, 2.45) is 0 Å². The zero-order valence-electron chi connectivity index (χ0n) is 14.9. The van der Waals surface area contributed by atoms with Crippen LogP contribution in [0.15, 0.2) is 36.4 Å². The Kier molecular flexibility index (Phi) is 5.71. The van der Waals surface area contributed by atoms with E-state index in [1.54, 1.807) is 31.2 Å². The molecule has 27 heavy (non-hydrogen) atoms. The number of aryl methyl sites for hydroxylation is 1. The SMILES string of the molecule is COc1cc(Cl)c(C)cc1NC(=O)C(=O)NCC1COc2ccccc2O1. The van der Waals surface area contributed by atoms with Crippen molar-refractivity contribution in [1.82, 2.24) is 5.32 Å². The quantitative estimate of drug-likeness (QED) is 0.783. The van der Waals surface area contributed by atoms with Crippen LogP contribution in [0.2, 0.25) is 5.02 Å². The average Bonchev–Trinajstić information content (AvgIpc) is 2.68. The predicted octanol–water partition coefficient (Wildman–Crippen LogP) is 2.55. The third-order valence-electron chi connectivity index (χ3n) is 3.99. The Hall–Kier alpha value is -2.93. The number of anilines is 1. The molecule has 7 nitrogen and oxygen atoms in total. The second kappa shape index (κ2) is 8.18. The molecule has 1 aliphatic rings. The van der Waals surface area contributed by atoms with Gasteiger partial charge in [0.15, 0.2) is 11.5 Å². The topological polar surface area (TPSA) is 85.9 Å². The maximum atomic E-state index is 12.2. The molecule has 2 aromatic carbocycles. The highest BCUT2D eigenvalue weighted by atomic mass is 35.5. The molecule has 0 bridgehead atoms. The fourth-order valence-electron chi connectivity index (χ4n) is 2.56. The molecule has 0 saturated carbocycles. The Labute approximate surface area is 161 Å². The molecule has 3 rings (SSSR count). The first-order valence-corrected chi connectivity index (χ1v) is 8.67. The summed E-state index contributed by atoms with van der Waals surface area (Å²) in [7, 11) is 1.45. The highest BCUT2D eigenvalue weighted by Crippen LogP contribution is 2.31. The standard InChI is InChI=1S/C19H19ClN2O5/c1-11-7-14(17(25-2)8-13(11)20)22-19(24)18(23)21-9-12-10-26-15-5-3-4-6-16(15)27-12/h3-8,12H,9-10H2,1-2H3,(H,21,23)(H,22,24). The summed E-state index contributed by atoms with van der Waals surface area (Å²) in [5, 5.41) is 5.57. The van der Waals surface area contributed by atoms with Crippen LogP contribution in [0.1, 0.15) is 5.56 Å². The van der Waals surface area contributed by atoms with Crippen molar-refractivity contribution < 1.29 is 23.8 Å². The molecule has 0 fully saturated rings. The largest absolute Gasteiger partial charge is 0.495 e. The summed E-state index contributed by atoms with van der Waals surface area (Å²) in [4.78, 5) is 24.3. The number of nitrogens with one attached hydrogen (secondary N) is 2. The van der Waals surface area contributed by atoms with E-state index in [0.29, 0.717) is 28.0 Å². The van der Waals surface area contributed by atoms with Crippen molar-refractivity contribution in [2.75, 3.05) is 25.6 Å². The van der Waals surface area contributed by atoms with Crippen LogP contribution in [0.25, 0.3) is 0 Å². The molecule has 1 unspecified atom stereocenters. The monoisotopic (exact) mass is 390 g/mol. The van der Waals surface area contributed by atoms with Gasteiger partial charge in [0.25, 0.3) is 0 Å². The third-order valence-corrected chi connectivity index (χ3v) is 4.40. The van der Waals surface area contributed by atoms with Gasteiger partial charge in [0.05, 0.1) is 19.3 Å². The van der Waals surface area contributed by atoms with E-state index in [1.165, 1.54) is 7.11 Å². The maximum absolute atomic E-state index is 12.2. The molecule has 1 aliphatic heterocycles. The van der Waals surface area contributed by atoms with Crippen LogP contribution in [0.4, 0.5) is 5.69 Å². The molecule has 0 saturated heterocycles. The Morgan fingerprint density at radius 2 is 1.96 bits per heavy atom. The Morgan fingerprint density at radius 1 is 1.22 bits per heavy atom. The number of carbonyl (C=O) groups excluding carboxylic acids is 2. The molecule has 8 heteroatoms. The van der Waals surface area contributed by atoms with Gasteiger partial charge >= 0.3 is 11.8 Å². The van der Waals surface area contributed by atoms with E-state index < -0.39 is 11.8 Å². The molecule has 2 aromatic rings. The zero-order chi connectivity index (χ0) is 19.4. The molecule has 0 aromatic heterocycles. The lowest BCUT2D eigenvalue weighted by molar-refractivity contribution is -0.136. The minimum atomic E-state index is -0.813. The van der Waals surface area contributed by atoms with Gasteiger partial charge in [0.1, 0.15) is 18.5 Å². The number of carbonyl (C=O) groups is 2. The van der Waals surface area contributed by atoms with Crippen LogP contribution in [-0.4, -0.2) is 38.2 Å². The zero-order valence-corrected chi connectivity index (χ0v) is 15.6. The first kappa shape index (κ1) is 18.8. The number of fused-ring (bicyclic) bond motifs is 1. The number of benzene rings is 2. The molecule has 0 aliphatic carbocycles. The van der Waals surface area contributed by atoms with Gasteiger partial charge in [-0.3, -0.25) is 9.59 Å².